The van der Waals surface area contributed by atoms with Gasteiger partial charge in [0.15, 0.2) is 0 Å². The molecule has 0 aliphatic rings. The summed E-state index contributed by atoms with van der Waals surface area (Å²) in [7, 11) is 0. The molecule has 110 valence electrons. The van der Waals surface area contributed by atoms with Crippen LogP contribution in [0.15, 0.2) is 42.5 Å². The summed E-state index contributed by atoms with van der Waals surface area (Å²) in [5, 5.41) is 6.26. The van der Waals surface area contributed by atoms with Gasteiger partial charge in [0.25, 0.3) is 0 Å². The summed E-state index contributed by atoms with van der Waals surface area (Å²) in [6, 6.07) is 14.3. The van der Waals surface area contributed by atoms with Crippen LogP contribution in [-0.4, -0.2) is 5.91 Å². The molecule has 2 rings (SSSR count). The molecule has 3 heteroatoms. The van der Waals surface area contributed by atoms with Crippen LogP contribution in [0.25, 0.3) is 0 Å². The van der Waals surface area contributed by atoms with Crippen LogP contribution >= 0.6 is 0 Å². The van der Waals surface area contributed by atoms with Crippen LogP contribution in [-0.2, 0) is 11.3 Å². The van der Waals surface area contributed by atoms with Crippen molar-refractivity contribution in [2.75, 3.05) is 10.6 Å². The fourth-order valence-corrected chi connectivity index (χ4v) is 2.07. The highest BCUT2D eigenvalue weighted by atomic mass is 16.1. The molecular weight excluding hydrogens is 260 g/mol. The maximum Gasteiger partial charge on any atom is 0.224 e. The molecular formula is C18H22N2O. The Morgan fingerprint density at radius 2 is 1.76 bits per heavy atom. The Labute approximate surface area is 126 Å². The Kier molecular flexibility index (Phi) is 4.99. The molecule has 0 aliphatic carbocycles. The van der Waals surface area contributed by atoms with E-state index < -0.39 is 0 Å². The number of anilines is 2. The molecule has 0 atom stereocenters. The fraction of sp³-hybridized carbons (Fsp3) is 0.278. The topological polar surface area (TPSA) is 41.1 Å². The highest BCUT2D eigenvalue weighted by Gasteiger charge is 2.01. The average molecular weight is 282 g/mol. The molecule has 3 nitrogen and oxygen atoms in total. The third kappa shape index (κ3) is 4.35. The molecule has 2 aromatic rings. The maximum absolute atomic E-state index is 11.4. The Hall–Kier alpha value is -2.29. The number of aryl methyl sites for hydroxylation is 2. The van der Waals surface area contributed by atoms with E-state index in [1.165, 1.54) is 16.7 Å². The highest BCUT2D eigenvalue weighted by molar-refractivity contribution is 5.90. The first-order chi connectivity index (χ1) is 10.1. The monoisotopic (exact) mass is 282 g/mol. The number of benzene rings is 2. The first kappa shape index (κ1) is 15.1. The maximum atomic E-state index is 11.4. The van der Waals surface area contributed by atoms with E-state index in [1.807, 2.05) is 31.2 Å². The molecule has 0 radical (unpaired) electrons. The second-order valence-corrected chi connectivity index (χ2v) is 5.25. The lowest BCUT2D eigenvalue weighted by Gasteiger charge is -2.10. The van der Waals surface area contributed by atoms with Gasteiger partial charge in [0.05, 0.1) is 0 Å². The summed E-state index contributed by atoms with van der Waals surface area (Å²) in [6.07, 6.45) is 0.486. The number of carbonyl (C=O) groups is 1. The second-order valence-electron chi connectivity index (χ2n) is 5.25. The van der Waals surface area contributed by atoms with E-state index in [-0.39, 0.29) is 5.91 Å². The molecule has 0 spiro atoms. The zero-order valence-electron chi connectivity index (χ0n) is 12.9. The molecule has 0 aliphatic heterocycles. The summed E-state index contributed by atoms with van der Waals surface area (Å²) < 4.78 is 0. The zero-order chi connectivity index (χ0) is 15.2. The van der Waals surface area contributed by atoms with Crippen LogP contribution in [0.1, 0.15) is 30.0 Å². The minimum atomic E-state index is 0.0290. The van der Waals surface area contributed by atoms with Crippen LogP contribution in [0.5, 0.6) is 0 Å². The van der Waals surface area contributed by atoms with Crippen molar-refractivity contribution in [1.29, 1.82) is 0 Å². The number of carbonyl (C=O) groups excluding carboxylic acids is 1. The average Bonchev–Trinajstić information content (AvgIpc) is 2.49. The van der Waals surface area contributed by atoms with Crippen molar-refractivity contribution in [2.45, 2.75) is 33.7 Å². The van der Waals surface area contributed by atoms with Gasteiger partial charge >= 0.3 is 0 Å². The van der Waals surface area contributed by atoms with Gasteiger partial charge in [0.2, 0.25) is 5.91 Å². The Balaban J connectivity index is 2.01. The standard InChI is InChI=1S/C18H22N2O/c1-4-18(21)20-17-7-5-6-16(11-17)19-12-15-9-8-13(2)14(3)10-15/h5-11,19H,4,12H2,1-3H3,(H,20,21). The summed E-state index contributed by atoms with van der Waals surface area (Å²) in [5.74, 6) is 0.0290. The second kappa shape index (κ2) is 6.93. The Morgan fingerprint density at radius 3 is 2.48 bits per heavy atom. The minimum Gasteiger partial charge on any atom is -0.381 e. The summed E-state index contributed by atoms with van der Waals surface area (Å²) >= 11 is 0. The number of hydrogen-bond donors (Lipinski definition) is 2. The molecule has 0 fully saturated rings. The van der Waals surface area contributed by atoms with E-state index in [2.05, 4.69) is 42.7 Å². The summed E-state index contributed by atoms with van der Waals surface area (Å²) in [4.78, 5) is 11.4. The van der Waals surface area contributed by atoms with Crippen molar-refractivity contribution >= 4 is 17.3 Å². The normalized spacial score (nSPS) is 10.2. The number of amides is 1. The number of hydrogen-bond acceptors (Lipinski definition) is 2. The van der Waals surface area contributed by atoms with E-state index in [1.54, 1.807) is 0 Å². The molecule has 0 heterocycles. The summed E-state index contributed by atoms with van der Waals surface area (Å²) in [6.45, 7) is 6.86. The van der Waals surface area contributed by atoms with Crippen molar-refractivity contribution in [1.82, 2.24) is 0 Å². The van der Waals surface area contributed by atoms with Crippen molar-refractivity contribution < 1.29 is 4.79 Å². The lowest BCUT2D eigenvalue weighted by molar-refractivity contribution is -0.115. The van der Waals surface area contributed by atoms with Crippen molar-refractivity contribution in [2.24, 2.45) is 0 Å². The SMILES string of the molecule is CCC(=O)Nc1cccc(NCc2ccc(C)c(C)c2)c1. The molecule has 0 unspecified atom stereocenters. The molecule has 0 saturated heterocycles. The third-order valence-corrected chi connectivity index (χ3v) is 3.54. The van der Waals surface area contributed by atoms with Gasteiger partial charge < -0.3 is 10.6 Å². The van der Waals surface area contributed by atoms with Gasteiger partial charge in [-0.25, -0.2) is 0 Å². The van der Waals surface area contributed by atoms with Gasteiger partial charge in [-0.3, -0.25) is 4.79 Å². The van der Waals surface area contributed by atoms with Crippen LogP contribution in [0.2, 0.25) is 0 Å². The molecule has 0 aromatic heterocycles. The van der Waals surface area contributed by atoms with Gasteiger partial charge in [0.1, 0.15) is 0 Å². The smallest absolute Gasteiger partial charge is 0.224 e. The largest absolute Gasteiger partial charge is 0.381 e. The van der Waals surface area contributed by atoms with E-state index in [9.17, 15) is 4.79 Å². The molecule has 21 heavy (non-hydrogen) atoms. The number of nitrogens with one attached hydrogen (secondary N) is 2. The van der Waals surface area contributed by atoms with Crippen molar-refractivity contribution in [3.8, 4) is 0 Å². The van der Waals surface area contributed by atoms with E-state index in [4.69, 9.17) is 0 Å². The predicted molar refractivity (Wildman–Crippen MR) is 88.6 cm³/mol. The summed E-state index contributed by atoms with van der Waals surface area (Å²) in [5.41, 5.74) is 5.69. The molecule has 1 amide bonds. The molecule has 0 saturated carbocycles. The quantitative estimate of drug-likeness (QED) is 0.860. The van der Waals surface area contributed by atoms with Crippen molar-refractivity contribution in [3.05, 3.63) is 59.2 Å². The zero-order valence-corrected chi connectivity index (χ0v) is 12.9. The minimum absolute atomic E-state index is 0.0290. The molecule has 2 N–H and O–H groups in total. The third-order valence-electron chi connectivity index (χ3n) is 3.54. The van der Waals surface area contributed by atoms with Crippen LogP contribution in [0, 0.1) is 13.8 Å². The fourth-order valence-electron chi connectivity index (χ4n) is 2.07. The predicted octanol–water partition coefficient (Wildman–Crippen LogP) is 4.26. The first-order valence-corrected chi connectivity index (χ1v) is 7.28. The highest BCUT2D eigenvalue weighted by Crippen LogP contribution is 2.17. The van der Waals surface area contributed by atoms with Gasteiger partial charge in [0, 0.05) is 24.3 Å². The molecule has 2 aromatic carbocycles. The van der Waals surface area contributed by atoms with Crippen LogP contribution in [0.3, 0.4) is 0 Å². The number of rotatable bonds is 5. The van der Waals surface area contributed by atoms with E-state index in [0.717, 1.165) is 17.9 Å². The molecule has 0 bridgehead atoms. The van der Waals surface area contributed by atoms with Crippen LogP contribution < -0.4 is 10.6 Å². The van der Waals surface area contributed by atoms with Gasteiger partial charge in [-0.15, -0.1) is 0 Å². The first-order valence-electron chi connectivity index (χ1n) is 7.28. The van der Waals surface area contributed by atoms with Gasteiger partial charge in [-0.1, -0.05) is 31.2 Å². The Bertz CT molecular complexity index is 635. The van der Waals surface area contributed by atoms with E-state index >= 15 is 0 Å². The lowest BCUT2D eigenvalue weighted by Crippen LogP contribution is -2.09. The van der Waals surface area contributed by atoms with Gasteiger partial charge in [-0.05, 0) is 48.7 Å². The Morgan fingerprint density at radius 1 is 1.00 bits per heavy atom. The van der Waals surface area contributed by atoms with E-state index in [0.29, 0.717) is 6.42 Å². The van der Waals surface area contributed by atoms with Crippen molar-refractivity contribution in [3.63, 3.8) is 0 Å². The lowest BCUT2D eigenvalue weighted by atomic mass is 10.1. The van der Waals surface area contributed by atoms with Crippen LogP contribution in [0.4, 0.5) is 11.4 Å². The van der Waals surface area contributed by atoms with Gasteiger partial charge in [-0.2, -0.15) is 0 Å².